The number of carbonyl (C=O) groups excluding carboxylic acids is 1. The number of hydrogen-bond acceptors (Lipinski definition) is 8. The monoisotopic (exact) mass is 1200 g/mol. The minimum Gasteiger partial charge on any atom is -0.394 e. The SMILES string of the molecule is CCCCCCCCCC/C=C\CCCCCCCCCCCCCCCCCCCCCCCCCCCCCC(=O)NC(COC1OC(CO)C(O)C(O)C1O)C(O)/C=C/CC/C=C/CC/C=C/CCCCCCCCCCCCCCC. The van der Waals surface area contributed by atoms with Crippen LogP contribution in [-0.2, 0) is 14.3 Å². The third-order valence-electron chi connectivity index (χ3n) is 17.9. The molecule has 7 unspecified atom stereocenters. The number of ether oxygens (including phenoxy) is 2. The molecule has 1 aliphatic heterocycles. The van der Waals surface area contributed by atoms with E-state index < -0.39 is 49.5 Å². The van der Waals surface area contributed by atoms with Gasteiger partial charge in [0, 0.05) is 6.42 Å². The number of aliphatic hydroxyl groups is 5. The second kappa shape index (κ2) is 65.1. The number of carbonyl (C=O) groups is 1. The Kier molecular flexibility index (Phi) is 62.2. The molecule has 0 radical (unpaired) electrons. The van der Waals surface area contributed by atoms with Crippen molar-refractivity contribution in [3.63, 3.8) is 0 Å². The summed E-state index contributed by atoms with van der Waals surface area (Å²) in [4.78, 5) is 13.1. The Balaban J connectivity index is 2.07. The fourth-order valence-corrected chi connectivity index (χ4v) is 12.0. The molecule has 1 aliphatic rings. The fraction of sp³-hybridized carbons (Fsp3) is 0.882. The zero-order valence-electron chi connectivity index (χ0n) is 56.1. The first kappa shape index (κ1) is 81.2. The van der Waals surface area contributed by atoms with Crippen LogP contribution in [0.3, 0.4) is 0 Å². The van der Waals surface area contributed by atoms with Crippen molar-refractivity contribution in [3.8, 4) is 0 Å². The van der Waals surface area contributed by atoms with Crippen molar-refractivity contribution in [1.29, 1.82) is 0 Å². The number of amides is 1. The first-order valence-electron chi connectivity index (χ1n) is 37.4. The average Bonchev–Trinajstić information content (AvgIpc) is 3.66. The van der Waals surface area contributed by atoms with E-state index in [0.29, 0.717) is 6.42 Å². The van der Waals surface area contributed by atoms with E-state index >= 15 is 0 Å². The minimum atomic E-state index is -1.58. The van der Waals surface area contributed by atoms with Gasteiger partial charge >= 0.3 is 0 Å². The lowest BCUT2D eigenvalue weighted by atomic mass is 9.99. The number of hydrogen-bond donors (Lipinski definition) is 6. The Labute approximate surface area is 526 Å². The molecule has 1 rings (SSSR count). The number of aliphatic hydroxyl groups excluding tert-OH is 5. The molecule has 9 nitrogen and oxygen atoms in total. The van der Waals surface area contributed by atoms with Gasteiger partial charge in [-0.15, -0.1) is 0 Å². The van der Waals surface area contributed by atoms with Gasteiger partial charge in [0.05, 0.1) is 25.4 Å². The Morgan fingerprint density at radius 1 is 0.388 bits per heavy atom. The summed E-state index contributed by atoms with van der Waals surface area (Å²) in [6.45, 7) is 3.81. The highest BCUT2D eigenvalue weighted by Gasteiger charge is 2.44. The Bertz CT molecular complexity index is 1480. The number of rotatable bonds is 66. The number of allylic oxidation sites excluding steroid dienone is 7. The lowest BCUT2D eigenvalue weighted by Gasteiger charge is -2.40. The van der Waals surface area contributed by atoms with Crippen LogP contribution in [0.15, 0.2) is 48.6 Å². The first-order chi connectivity index (χ1) is 41.8. The molecule has 7 atom stereocenters. The van der Waals surface area contributed by atoms with Gasteiger partial charge in [-0.3, -0.25) is 4.79 Å². The van der Waals surface area contributed by atoms with Crippen LogP contribution in [0.2, 0.25) is 0 Å². The standard InChI is InChI=1S/C76H143NO8/c1-3-5-7-9-11-13-15-17-19-21-23-25-27-28-29-30-31-32-33-34-35-36-37-38-39-40-41-42-44-46-48-50-52-54-56-58-60-62-64-66-72(80)77-69(68-84-76-75(83)74(82)73(81)71(67-78)85-76)70(79)65-63-61-59-57-55-53-51-49-47-45-43-26-24-22-20-18-16-14-12-10-8-6-4-2/h21,23,47,49,55,57,63,65,69-71,73-76,78-79,81-83H,3-20,22,24-46,48,50-54,56,58-62,64,66-68H2,1-2H3,(H,77,80)/b23-21-,49-47+,57-55+,65-63+. The molecule has 0 aromatic rings. The molecule has 1 amide bonds. The van der Waals surface area contributed by atoms with Crippen molar-refractivity contribution in [1.82, 2.24) is 5.32 Å². The van der Waals surface area contributed by atoms with Crippen molar-refractivity contribution in [2.24, 2.45) is 0 Å². The van der Waals surface area contributed by atoms with Gasteiger partial charge in [0.2, 0.25) is 5.91 Å². The van der Waals surface area contributed by atoms with Gasteiger partial charge in [-0.25, -0.2) is 0 Å². The fourth-order valence-electron chi connectivity index (χ4n) is 12.0. The van der Waals surface area contributed by atoms with E-state index in [1.807, 2.05) is 6.08 Å². The van der Waals surface area contributed by atoms with Crippen molar-refractivity contribution < 1.29 is 39.8 Å². The van der Waals surface area contributed by atoms with Gasteiger partial charge in [-0.1, -0.05) is 345 Å². The summed E-state index contributed by atoms with van der Waals surface area (Å²) in [6, 6.07) is -0.829. The molecule has 1 saturated heterocycles. The maximum Gasteiger partial charge on any atom is 0.220 e. The van der Waals surface area contributed by atoms with E-state index in [4.69, 9.17) is 9.47 Å². The van der Waals surface area contributed by atoms with Crippen LogP contribution in [-0.4, -0.2) is 87.5 Å². The molecule has 1 heterocycles. The molecule has 500 valence electrons. The molecule has 6 N–H and O–H groups in total. The highest BCUT2D eigenvalue weighted by molar-refractivity contribution is 5.76. The Morgan fingerprint density at radius 2 is 0.671 bits per heavy atom. The first-order valence-corrected chi connectivity index (χ1v) is 37.4. The third kappa shape index (κ3) is 53.7. The molecule has 85 heavy (non-hydrogen) atoms. The maximum atomic E-state index is 13.1. The molecular weight excluding hydrogens is 1050 g/mol. The molecule has 0 spiro atoms. The lowest BCUT2D eigenvalue weighted by Crippen LogP contribution is -2.60. The zero-order valence-corrected chi connectivity index (χ0v) is 56.1. The van der Waals surface area contributed by atoms with Gasteiger partial charge < -0.3 is 40.3 Å². The number of unbranched alkanes of at least 4 members (excludes halogenated alkanes) is 50. The van der Waals surface area contributed by atoms with Gasteiger partial charge in [0.25, 0.3) is 0 Å². The summed E-state index contributed by atoms with van der Waals surface area (Å²) in [5.74, 6) is -0.184. The molecule has 0 bridgehead atoms. The quantitative estimate of drug-likeness (QED) is 0.0261. The van der Waals surface area contributed by atoms with E-state index in [9.17, 15) is 30.3 Å². The van der Waals surface area contributed by atoms with Crippen molar-refractivity contribution in [2.45, 2.75) is 416 Å². The van der Waals surface area contributed by atoms with Crippen LogP contribution >= 0.6 is 0 Å². The summed E-state index contributed by atoms with van der Waals surface area (Å²) < 4.78 is 11.3. The van der Waals surface area contributed by atoms with Crippen molar-refractivity contribution in [3.05, 3.63) is 48.6 Å². The van der Waals surface area contributed by atoms with Crippen molar-refractivity contribution >= 4 is 5.91 Å². The van der Waals surface area contributed by atoms with E-state index in [0.717, 1.165) is 44.9 Å². The highest BCUT2D eigenvalue weighted by atomic mass is 16.7. The van der Waals surface area contributed by atoms with Crippen LogP contribution in [0.4, 0.5) is 0 Å². The molecule has 1 fully saturated rings. The minimum absolute atomic E-state index is 0.184. The Morgan fingerprint density at radius 3 is 0.988 bits per heavy atom. The van der Waals surface area contributed by atoms with Gasteiger partial charge in [-0.05, 0) is 70.6 Å². The normalized spacial score (nSPS) is 18.3. The molecule has 0 aromatic heterocycles. The molecule has 0 saturated carbocycles. The smallest absolute Gasteiger partial charge is 0.220 e. The predicted molar refractivity (Wildman–Crippen MR) is 364 cm³/mol. The van der Waals surface area contributed by atoms with E-state index in [1.165, 1.54) is 308 Å². The second-order valence-corrected chi connectivity index (χ2v) is 26.1. The topological polar surface area (TPSA) is 149 Å². The second-order valence-electron chi connectivity index (χ2n) is 26.1. The summed E-state index contributed by atoms with van der Waals surface area (Å²) in [5.41, 5.74) is 0. The Hall–Kier alpha value is -1.85. The van der Waals surface area contributed by atoms with Gasteiger partial charge in [-0.2, -0.15) is 0 Å². The molecular formula is C76H143NO8. The van der Waals surface area contributed by atoms with E-state index in [-0.39, 0.29) is 12.5 Å². The van der Waals surface area contributed by atoms with Crippen molar-refractivity contribution in [2.75, 3.05) is 13.2 Å². The van der Waals surface area contributed by atoms with Crippen LogP contribution in [0, 0.1) is 0 Å². The predicted octanol–water partition coefficient (Wildman–Crippen LogP) is 20.8. The van der Waals surface area contributed by atoms with Gasteiger partial charge in [0.1, 0.15) is 24.4 Å². The zero-order chi connectivity index (χ0) is 61.4. The highest BCUT2D eigenvalue weighted by Crippen LogP contribution is 2.24. The summed E-state index contributed by atoms with van der Waals surface area (Å²) >= 11 is 0. The van der Waals surface area contributed by atoms with Gasteiger partial charge in [0.15, 0.2) is 6.29 Å². The summed E-state index contributed by atoms with van der Waals surface area (Å²) in [7, 11) is 0. The van der Waals surface area contributed by atoms with E-state index in [2.05, 4.69) is 55.6 Å². The molecule has 0 aliphatic carbocycles. The van der Waals surface area contributed by atoms with E-state index in [1.54, 1.807) is 6.08 Å². The lowest BCUT2D eigenvalue weighted by molar-refractivity contribution is -0.302. The number of nitrogens with one attached hydrogen (secondary N) is 1. The largest absolute Gasteiger partial charge is 0.394 e. The molecule has 0 aromatic carbocycles. The summed E-state index contributed by atoms with van der Waals surface area (Å²) in [6.07, 6.45) is 82.5. The van der Waals surface area contributed by atoms with Crippen LogP contribution in [0.25, 0.3) is 0 Å². The maximum absolute atomic E-state index is 13.1. The molecule has 9 heteroatoms. The van der Waals surface area contributed by atoms with Crippen LogP contribution < -0.4 is 5.32 Å². The summed E-state index contributed by atoms with van der Waals surface area (Å²) in [5, 5.41) is 54.7. The third-order valence-corrected chi connectivity index (χ3v) is 17.9. The average molecular weight is 1200 g/mol. The van der Waals surface area contributed by atoms with Crippen LogP contribution in [0.5, 0.6) is 0 Å². The van der Waals surface area contributed by atoms with Crippen LogP contribution in [0.1, 0.15) is 373 Å².